The Hall–Kier alpha value is -0.590. The maximum atomic E-state index is 9.34. The van der Waals surface area contributed by atoms with E-state index in [0.29, 0.717) is 6.04 Å². The highest BCUT2D eigenvalue weighted by molar-refractivity contribution is 5.07. The van der Waals surface area contributed by atoms with E-state index in [1.54, 1.807) is 0 Å². The molecule has 1 aliphatic carbocycles. The first-order valence-electron chi connectivity index (χ1n) is 7.44. The van der Waals surface area contributed by atoms with Crippen LogP contribution in [0.15, 0.2) is 0 Å². The zero-order valence-electron chi connectivity index (χ0n) is 12.5. The van der Waals surface area contributed by atoms with Crippen molar-refractivity contribution in [1.82, 2.24) is 10.2 Å². The van der Waals surface area contributed by atoms with Crippen LogP contribution in [-0.2, 0) is 0 Å². The van der Waals surface area contributed by atoms with Crippen LogP contribution in [0.3, 0.4) is 0 Å². The molecule has 3 nitrogen and oxygen atoms in total. The van der Waals surface area contributed by atoms with Crippen molar-refractivity contribution in [3.8, 4) is 6.07 Å². The molecule has 0 radical (unpaired) electrons. The minimum Gasteiger partial charge on any atom is -0.303 e. The summed E-state index contributed by atoms with van der Waals surface area (Å²) < 4.78 is 0. The number of nitrogens with zero attached hydrogens (tertiary/aromatic N) is 2. The Morgan fingerprint density at radius 2 is 2.11 bits per heavy atom. The van der Waals surface area contributed by atoms with Crippen LogP contribution in [0.4, 0.5) is 0 Å². The first kappa shape index (κ1) is 15.5. The topological polar surface area (TPSA) is 39.1 Å². The van der Waals surface area contributed by atoms with Gasteiger partial charge in [-0.25, -0.2) is 0 Å². The molecule has 1 saturated carbocycles. The summed E-state index contributed by atoms with van der Waals surface area (Å²) in [7, 11) is 0. The fourth-order valence-corrected chi connectivity index (χ4v) is 2.17. The normalized spacial score (nSPS) is 20.4. The van der Waals surface area contributed by atoms with Gasteiger partial charge in [0, 0.05) is 19.1 Å². The van der Waals surface area contributed by atoms with Gasteiger partial charge in [0.05, 0.1) is 6.07 Å². The van der Waals surface area contributed by atoms with Crippen molar-refractivity contribution >= 4 is 0 Å². The number of hydrogen-bond donors (Lipinski definition) is 1. The molecule has 0 aromatic carbocycles. The van der Waals surface area contributed by atoms with E-state index in [-0.39, 0.29) is 5.54 Å². The second kappa shape index (κ2) is 7.11. The monoisotopic (exact) mass is 251 g/mol. The van der Waals surface area contributed by atoms with E-state index in [4.69, 9.17) is 0 Å². The standard InChI is InChI=1S/C15H29N3/c1-5-13(3)11-18(6-2)10-9-15(4,12-16)17-14-7-8-14/h13-14,17H,5-11H2,1-4H3. The molecule has 0 heterocycles. The van der Waals surface area contributed by atoms with E-state index < -0.39 is 0 Å². The number of hydrogen-bond acceptors (Lipinski definition) is 3. The van der Waals surface area contributed by atoms with E-state index in [0.717, 1.165) is 32.0 Å². The summed E-state index contributed by atoms with van der Waals surface area (Å²) in [6.07, 6.45) is 4.62. The number of nitriles is 1. The third-order valence-corrected chi connectivity index (χ3v) is 3.99. The van der Waals surface area contributed by atoms with Crippen LogP contribution in [0.2, 0.25) is 0 Å². The predicted octanol–water partition coefficient (Wildman–Crippen LogP) is 2.78. The second-order valence-electron chi connectivity index (χ2n) is 6.02. The van der Waals surface area contributed by atoms with Crippen molar-refractivity contribution in [2.45, 2.75) is 65.0 Å². The van der Waals surface area contributed by atoms with Crippen molar-refractivity contribution < 1.29 is 0 Å². The van der Waals surface area contributed by atoms with Gasteiger partial charge in [0.2, 0.25) is 0 Å². The third kappa shape index (κ3) is 5.37. The highest BCUT2D eigenvalue weighted by Crippen LogP contribution is 2.24. The number of nitrogens with one attached hydrogen (secondary N) is 1. The van der Waals surface area contributed by atoms with E-state index in [1.165, 1.54) is 19.3 Å². The molecule has 2 atom stereocenters. The van der Waals surface area contributed by atoms with Gasteiger partial charge in [0.25, 0.3) is 0 Å². The Morgan fingerprint density at radius 3 is 2.56 bits per heavy atom. The van der Waals surface area contributed by atoms with E-state index in [1.807, 2.05) is 6.92 Å². The molecule has 3 heteroatoms. The molecule has 1 aliphatic rings. The average Bonchev–Trinajstić information content (AvgIpc) is 3.17. The molecule has 0 saturated heterocycles. The van der Waals surface area contributed by atoms with Gasteiger partial charge < -0.3 is 4.90 Å². The molecule has 104 valence electrons. The van der Waals surface area contributed by atoms with Gasteiger partial charge in [-0.2, -0.15) is 5.26 Å². The Morgan fingerprint density at radius 1 is 1.44 bits per heavy atom. The van der Waals surface area contributed by atoms with Crippen LogP contribution in [0.1, 0.15) is 53.4 Å². The Bertz CT molecular complexity index is 280. The zero-order chi connectivity index (χ0) is 13.6. The van der Waals surface area contributed by atoms with Crippen molar-refractivity contribution in [3.05, 3.63) is 0 Å². The SMILES string of the molecule is CCC(C)CN(CC)CCC(C)(C#N)NC1CC1. The van der Waals surface area contributed by atoms with Crippen molar-refractivity contribution in [3.63, 3.8) is 0 Å². The first-order valence-corrected chi connectivity index (χ1v) is 7.44. The lowest BCUT2D eigenvalue weighted by molar-refractivity contribution is 0.223. The van der Waals surface area contributed by atoms with Crippen molar-refractivity contribution in [1.29, 1.82) is 5.26 Å². The van der Waals surface area contributed by atoms with E-state index in [9.17, 15) is 5.26 Å². The second-order valence-corrected chi connectivity index (χ2v) is 6.02. The van der Waals surface area contributed by atoms with Gasteiger partial charge in [0.1, 0.15) is 5.54 Å². The third-order valence-electron chi connectivity index (χ3n) is 3.99. The van der Waals surface area contributed by atoms with E-state index >= 15 is 0 Å². The van der Waals surface area contributed by atoms with Crippen molar-refractivity contribution in [2.24, 2.45) is 5.92 Å². The van der Waals surface area contributed by atoms with Gasteiger partial charge in [-0.15, -0.1) is 0 Å². The molecule has 0 spiro atoms. The summed E-state index contributed by atoms with van der Waals surface area (Å²) in [5.41, 5.74) is -0.343. The molecule has 0 aromatic rings. The lowest BCUT2D eigenvalue weighted by Crippen LogP contribution is -2.45. The summed E-state index contributed by atoms with van der Waals surface area (Å²) in [6.45, 7) is 12.0. The van der Waals surface area contributed by atoms with Gasteiger partial charge in [-0.05, 0) is 38.6 Å². The average molecular weight is 251 g/mol. The molecular formula is C15H29N3. The Balaban J connectivity index is 2.37. The van der Waals surface area contributed by atoms with E-state index in [2.05, 4.69) is 37.1 Å². The highest BCUT2D eigenvalue weighted by atomic mass is 15.1. The summed E-state index contributed by atoms with van der Waals surface area (Å²) in [5.74, 6) is 0.745. The highest BCUT2D eigenvalue weighted by Gasteiger charge is 2.32. The molecule has 2 unspecified atom stereocenters. The molecule has 0 aliphatic heterocycles. The van der Waals surface area contributed by atoms with Crippen LogP contribution >= 0.6 is 0 Å². The quantitative estimate of drug-likeness (QED) is 0.685. The van der Waals surface area contributed by atoms with Crippen LogP contribution in [0.5, 0.6) is 0 Å². The lowest BCUT2D eigenvalue weighted by Gasteiger charge is -2.29. The minimum absolute atomic E-state index is 0.343. The summed E-state index contributed by atoms with van der Waals surface area (Å²) >= 11 is 0. The summed E-state index contributed by atoms with van der Waals surface area (Å²) in [6, 6.07) is 3.06. The summed E-state index contributed by atoms with van der Waals surface area (Å²) in [5, 5.41) is 12.8. The van der Waals surface area contributed by atoms with Crippen LogP contribution in [0, 0.1) is 17.2 Å². The molecule has 1 fully saturated rings. The summed E-state index contributed by atoms with van der Waals surface area (Å²) in [4.78, 5) is 2.47. The maximum absolute atomic E-state index is 9.34. The lowest BCUT2D eigenvalue weighted by atomic mass is 9.98. The maximum Gasteiger partial charge on any atom is 0.105 e. The van der Waals surface area contributed by atoms with Gasteiger partial charge in [0.15, 0.2) is 0 Å². The van der Waals surface area contributed by atoms with Crippen LogP contribution in [0.25, 0.3) is 0 Å². The van der Waals surface area contributed by atoms with Crippen LogP contribution in [-0.4, -0.2) is 36.1 Å². The number of rotatable bonds is 9. The van der Waals surface area contributed by atoms with Crippen LogP contribution < -0.4 is 5.32 Å². The minimum atomic E-state index is -0.343. The van der Waals surface area contributed by atoms with Gasteiger partial charge in [-0.3, -0.25) is 5.32 Å². The molecule has 0 bridgehead atoms. The van der Waals surface area contributed by atoms with Gasteiger partial charge in [-0.1, -0.05) is 27.2 Å². The first-order chi connectivity index (χ1) is 8.53. The predicted molar refractivity (Wildman–Crippen MR) is 76.4 cm³/mol. The fraction of sp³-hybridized carbons (Fsp3) is 0.933. The molecular weight excluding hydrogens is 222 g/mol. The zero-order valence-corrected chi connectivity index (χ0v) is 12.5. The Labute approximate surface area is 113 Å². The van der Waals surface area contributed by atoms with Crippen molar-refractivity contribution in [2.75, 3.05) is 19.6 Å². The molecule has 0 amide bonds. The van der Waals surface area contributed by atoms with Gasteiger partial charge >= 0.3 is 0 Å². The molecule has 1 rings (SSSR count). The molecule has 1 N–H and O–H groups in total. The fourth-order valence-electron chi connectivity index (χ4n) is 2.17. The largest absolute Gasteiger partial charge is 0.303 e. The molecule has 18 heavy (non-hydrogen) atoms. The molecule has 0 aromatic heterocycles. The Kier molecular flexibility index (Phi) is 6.11. The smallest absolute Gasteiger partial charge is 0.105 e.